The van der Waals surface area contributed by atoms with E-state index in [0.29, 0.717) is 25.8 Å². The maximum atomic E-state index is 13.1. The molecule has 3 aromatic carbocycles. The largest absolute Gasteiger partial charge is 0.507 e. The van der Waals surface area contributed by atoms with Crippen molar-refractivity contribution in [3.8, 4) is 17.2 Å². The Labute approximate surface area is 204 Å². The Morgan fingerprint density at radius 3 is 2.22 bits per heavy atom. The van der Waals surface area contributed by atoms with E-state index in [-0.39, 0.29) is 30.0 Å². The summed E-state index contributed by atoms with van der Waals surface area (Å²) in [4.78, 5) is 23.7. The number of carbonyl (C=O) groups excluding carboxylic acids is 1. The summed E-state index contributed by atoms with van der Waals surface area (Å²) < 4.78 is 20.8. The van der Waals surface area contributed by atoms with E-state index in [4.69, 9.17) is 21.6 Å². The van der Waals surface area contributed by atoms with Crippen molar-refractivity contribution in [3.63, 3.8) is 0 Å². The molecule has 0 aliphatic rings. The van der Waals surface area contributed by atoms with Crippen LogP contribution in [0.2, 0.25) is 0 Å². The van der Waals surface area contributed by atoms with Gasteiger partial charge >= 0.3 is 5.97 Å². The Morgan fingerprint density at radius 2 is 1.62 bits per heavy atom. The van der Waals surface area contributed by atoms with Crippen LogP contribution in [0.1, 0.15) is 21.5 Å². The lowest BCUT2D eigenvalue weighted by molar-refractivity contribution is -0.136. The molecule has 0 heterocycles. The number of ether oxygens (including phenoxy) is 1. The number of aromatic hydroxyl groups is 1. The molecule has 0 bridgehead atoms. The Kier molecular flexibility index (Phi) is 7.76. The first-order chi connectivity index (χ1) is 15.1. The molecule has 10 heteroatoms. The molecule has 0 spiro atoms. The molecule has 32 heavy (non-hydrogen) atoms. The van der Waals surface area contributed by atoms with E-state index in [1.54, 1.807) is 12.1 Å². The Balaban J connectivity index is 1.82. The molecule has 0 aliphatic carbocycles. The Morgan fingerprint density at radius 1 is 1.00 bits per heavy atom. The number of hydrogen-bond acceptors (Lipinski definition) is 4. The van der Waals surface area contributed by atoms with Crippen LogP contribution >= 0.6 is 43.6 Å². The van der Waals surface area contributed by atoms with E-state index < -0.39 is 17.7 Å². The predicted octanol–water partition coefficient (Wildman–Crippen LogP) is 6.27. The van der Waals surface area contributed by atoms with E-state index in [2.05, 4.69) is 31.9 Å². The van der Waals surface area contributed by atoms with Gasteiger partial charge in [0.05, 0.1) is 27.5 Å². The average Bonchev–Trinajstić information content (AvgIpc) is 2.72. The molecular weight excluding hydrogens is 573 g/mol. The van der Waals surface area contributed by atoms with Crippen molar-refractivity contribution in [2.75, 3.05) is 0 Å². The summed E-state index contributed by atoms with van der Waals surface area (Å²) in [6, 6.07) is 12.8. The molecular formula is C22H15Br2ClFNO5. The van der Waals surface area contributed by atoms with Crippen molar-refractivity contribution < 1.29 is 28.9 Å². The molecule has 0 unspecified atom stereocenters. The number of carboxylic acid groups (broad SMARTS) is 1. The molecule has 0 atom stereocenters. The number of rotatable bonds is 7. The Bertz CT molecular complexity index is 1150. The number of halogens is 4. The third-order valence-corrected chi connectivity index (χ3v) is 5.74. The van der Waals surface area contributed by atoms with Gasteiger partial charge < -0.3 is 14.9 Å². The molecule has 6 nitrogen and oxygen atoms in total. The first kappa shape index (κ1) is 24.0. The van der Waals surface area contributed by atoms with Gasteiger partial charge in [-0.1, -0.05) is 12.1 Å². The molecule has 0 radical (unpaired) electrons. The predicted molar refractivity (Wildman–Crippen MR) is 123 cm³/mol. The molecule has 2 N–H and O–H groups in total. The molecule has 1 amide bonds. The van der Waals surface area contributed by atoms with Crippen molar-refractivity contribution in [3.05, 3.63) is 86.1 Å². The van der Waals surface area contributed by atoms with Crippen LogP contribution in [0, 0.1) is 5.82 Å². The first-order valence-corrected chi connectivity index (χ1v) is 11.0. The highest BCUT2D eigenvalue weighted by Crippen LogP contribution is 2.39. The average molecular weight is 588 g/mol. The van der Waals surface area contributed by atoms with Crippen molar-refractivity contribution in [1.29, 1.82) is 0 Å². The third kappa shape index (κ3) is 5.99. The molecule has 0 aromatic heterocycles. The van der Waals surface area contributed by atoms with E-state index in [0.717, 1.165) is 4.42 Å². The van der Waals surface area contributed by atoms with Crippen LogP contribution in [0.15, 0.2) is 63.5 Å². The molecule has 3 rings (SSSR count). The minimum atomic E-state index is -0.967. The maximum absolute atomic E-state index is 13.1. The first-order valence-electron chi connectivity index (χ1n) is 9.06. The lowest BCUT2D eigenvalue weighted by atomic mass is 10.1. The number of hydrogen-bond donors (Lipinski definition) is 2. The molecule has 0 fully saturated rings. The van der Waals surface area contributed by atoms with E-state index in [1.165, 1.54) is 42.5 Å². The van der Waals surface area contributed by atoms with Crippen molar-refractivity contribution in [2.24, 2.45) is 0 Å². The van der Waals surface area contributed by atoms with Crippen molar-refractivity contribution >= 4 is 55.5 Å². The Hall–Kier alpha value is -2.62. The lowest BCUT2D eigenvalue weighted by Crippen LogP contribution is -2.21. The van der Waals surface area contributed by atoms with Crippen molar-refractivity contribution in [2.45, 2.75) is 13.0 Å². The molecule has 3 aromatic rings. The van der Waals surface area contributed by atoms with Gasteiger partial charge in [0.25, 0.3) is 5.91 Å². The van der Waals surface area contributed by atoms with Gasteiger partial charge in [-0.25, -0.2) is 8.81 Å². The lowest BCUT2D eigenvalue weighted by Gasteiger charge is -2.16. The second-order valence-corrected chi connectivity index (χ2v) is 8.81. The standard InChI is InChI=1S/C22H15Br2ClFNO5/c23-17-7-13(9-20(29)30)8-18(24)21(17)32-15-5-6-19(28)16(10-15)22(31)27(25)11-12-1-3-14(26)4-2-12/h1-8,10,28H,9,11H2,(H,29,30). The zero-order chi connectivity index (χ0) is 23.4. The summed E-state index contributed by atoms with van der Waals surface area (Å²) in [6.45, 7) is -0.00662. The van der Waals surface area contributed by atoms with Gasteiger partial charge in [0, 0.05) is 11.8 Å². The SMILES string of the molecule is O=C(O)Cc1cc(Br)c(Oc2ccc(O)c(C(=O)N(Cl)Cc3ccc(F)cc3)c2)c(Br)c1. The smallest absolute Gasteiger partial charge is 0.307 e. The molecule has 166 valence electrons. The number of carbonyl (C=O) groups is 2. The van der Waals surface area contributed by atoms with Gasteiger partial charge in [-0.3, -0.25) is 9.59 Å². The molecule has 0 saturated carbocycles. The second-order valence-electron chi connectivity index (χ2n) is 6.69. The number of nitrogens with zero attached hydrogens (tertiary/aromatic N) is 1. The van der Waals surface area contributed by atoms with Gasteiger partial charge in [0.2, 0.25) is 0 Å². The fourth-order valence-electron chi connectivity index (χ4n) is 2.81. The van der Waals surface area contributed by atoms with E-state index >= 15 is 0 Å². The highest BCUT2D eigenvalue weighted by molar-refractivity contribution is 9.11. The zero-order valence-corrected chi connectivity index (χ0v) is 20.1. The van der Waals surface area contributed by atoms with Crippen LogP contribution in [-0.2, 0) is 17.8 Å². The monoisotopic (exact) mass is 585 g/mol. The van der Waals surface area contributed by atoms with Crippen LogP contribution in [0.25, 0.3) is 0 Å². The molecule has 0 saturated heterocycles. The summed E-state index contributed by atoms with van der Waals surface area (Å²) in [5, 5.41) is 19.1. The van der Waals surface area contributed by atoms with Crippen LogP contribution in [0.5, 0.6) is 17.2 Å². The fourth-order valence-corrected chi connectivity index (χ4v) is 4.48. The normalized spacial score (nSPS) is 10.6. The highest BCUT2D eigenvalue weighted by atomic mass is 79.9. The van der Waals surface area contributed by atoms with E-state index in [9.17, 15) is 19.1 Å². The minimum absolute atomic E-state index is 0.00662. The fraction of sp³-hybridized carbons (Fsp3) is 0.0909. The topological polar surface area (TPSA) is 87.1 Å². The van der Waals surface area contributed by atoms with Gasteiger partial charge in [0.1, 0.15) is 17.3 Å². The van der Waals surface area contributed by atoms with Crippen LogP contribution in [0.4, 0.5) is 4.39 Å². The quantitative estimate of drug-likeness (QED) is 0.318. The minimum Gasteiger partial charge on any atom is -0.507 e. The van der Waals surface area contributed by atoms with Crippen molar-refractivity contribution in [1.82, 2.24) is 4.42 Å². The summed E-state index contributed by atoms with van der Waals surface area (Å²) in [5.74, 6) is -1.74. The van der Waals surface area contributed by atoms with E-state index in [1.807, 2.05) is 0 Å². The number of phenols is 1. The van der Waals surface area contributed by atoms with Gasteiger partial charge in [-0.05, 0) is 85.5 Å². The third-order valence-electron chi connectivity index (χ3n) is 4.29. The van der Waals surface area contributed by atoms with Gasteiger partial charge in [0.15, 0.2) is 5.75 Å². The maximum Gasteiger partial charge on any atom is 0.307 e. The number of carboxylic acids is 1. The summed E-state index contributed by atoms with van der Waals surface area (Å²) in [5.41, 5.74) is 1.08. The van der Waals surface area contributed by atoms with Crippen LogP contribution < -0.4 is 4.74 Å². The van der Waals surface area contributed by atoms with Crippen LogP contribution in [0.3, 0.4) is 0 Å². The summed E-state index contributed by atoms with van der Waals surface area (Å²) in [6.07, 6.45) is -0.158. The number of aliphatic carboxylic acids is 1. The number of benzene rings is 3. The summed E-state index contributed by atoms with van der Waals surface area (Å²) in [7, 11) is 0. The van der Waals surface area contributed by atoms with Gasteiger partial charge in [-0.2, -0.15) is 0 Å². The number of amides is 1. The van der Waals surface area contributed by atoms with Gasteiger partial charge in [-0.15, -0.1) is 0 Å². The highest BCUT2D eigenvalue weighted by Gasteiger charge is 2.20. The molecule has 0 aliphatic heterocycles. The zero-order valence-electron chi connectivity index (χ0n) is 16.2. The summed E-state index contributed by atoms with van der Waals surface area (Å²) >= 11 is 12.8. The second kappa shape index (κ2) is 10.3. The number of phenolic OH excluding ortho intramolecular Hbond substituents is 1. The van der Waals surface area contributed by atoms with Crippen LogP contribution in [-0.4, -0.2) is 26.5 Å².